The minimum absolute atomic E-state index is 0.864. The summed E-state index contributed by atoms with van der Waals surface area (Å²) in [6.07, 6.45) is 1.03. The minimum Gasteiger partial charge on any atom is -0.497 e. The van der Waals surface area contributed by atoms with Gasteiger partial charge in [-0.05, 0) is 59.0 Å². The molecule has 0 atom stereocenters. The summed E-state index contributed by atoms with van der Waals surface area (Å²) < 4.78 is 5.23. The van der Waals surface area contributed by atoms with Crippen LogP contribution in [0.25, 0.3) is 33.0 Å². The van der Waals surface area contributed by atoms with Crippen LogP contribution in [0.5, 0.6) is 5.75 Å². The van der Waals surface area contributed by atoms with E-state index in [-0.39, 0.29) is 0 Å². The van der Waals surface area contributed by atoms with Crippen LogP contribution in [0.2, 0.25) is 0 Å². The van der Waals surface area contributed by atoms with Crippen molar-refractivity contribution in [1.29, 1.82) is 0 Å². The SMILES string of the molecule is COc1ccc(-c2nc(-c3ccc4c(c3)-c3ccccc3C4)cs2)cc1. The Morgan fingerprint density at radius 2 is 1.62 bits per heavy atom. The monoisotopic (exact) mass is 355 g/mol. The van der Waals surface area contributed by atoms with E-state index in [0.717, 1.165) is 28.4 Å². The Morgan fingerprint density at radius 1 is 0.846 bits per heavy atom. The maximum atomic E-state index is 5.23. The van der Waals surface area contributed by atoms with E-state index in [9.17, 15) is 0 Å². The summed E-state index contributed by atoms with van der Waals surface area (Å²) in [7, 11) is 1.68. The van der Waals surface area contributed by atoms with E-state index in [2.05, 4.69) is 60.0 Å². The lowest BCUT2D eigenvalue weighted by molar-refractivity contribution is 0.415. The summed E-state index contributed by atoms with van der Waals surface area (Å²) in [5.74, 6) is 0.864. The van der Waals surface area contributed by atoms with Gasteiger partial charge in [-0.25, -0.2) is 4.98 Å². The number of rotatable bonds is 3. The van der Waals surface area contributed by atoms with Crippen LogP contribution in [0.4, 0.5) is 0 Å². The number of hydrogen-bond donors (Lipinski definition) is 0. The van der Waals surface area contributed by atoms with Gasteiger partial charge in [0.1, 0.15) is 10.8 Å². The van der Waals surface area contributed by atoms with Crippen molar-refractivity contribution in [1.82, 2.24) is 4.98 Å². The Labute approximate surface area is 156 Å². The highest BCUT2D eigenvalue weighted by molar-refractivity contribution is 7.13. The van der Waals surface area contributed by atoms with Crippen LogP contribution < -0.4 is 4.74 Å². The van der Waals surface area contributed by atoms with E-state index in [1.807, 2.05) is 12.1 Å². The molecule has 1 aromatic heterocycles. The first kappa shape index (κ1) is 15.4. The molecule has 0 unspecified atom stereocenters. The van der Waals surface area contributed by atoms with Gasteiger partial charge in [-0.2, -0.15) is 0 Å². The molecule has 0 fully saturated rings. The predicted octanol–water partition coefficient (Wildman–Crippen LogP) is 6.06. The van der Waals surface area contributed by atoms with Crippen LogP contribution in [-0.4, -0.2) is 12.1 Å². The smallest absolute Gasteiger partial charge is 0.124 e. The topological polar surface area (TPSA) is 22.1 Å². The quantitative estimate of drug-likeness (QED) is 0.393. The fraction of sp³-hybridized carbons (Fsp3) is 0.0870. The van der Waals surface area contributed by atoms with Crippen LogP contribution in [0.3, 0.4) is 0 Å². The molecule has 0 spiro atoms. The van der Waals surface area contributed by atoms with Crippen molar-refractivity contribution in [2.75, 3.05) is 7.11 Å². The Balaban J connectivity index is 1.51. The lowest BCUT2D eigenvalue weighted by Gasteiger charge is -2.04. The fourth-order valence-corrected chi connectivity index (χ4v) is 4.39. The highest BCUT2D eigenvalue weighted by atomic mass is 32.1. The maximum Gasteiger partial charge on any atom is 0.124 e. The van der Waals surface area contributed by atoms with E-state index >= 15 is 0 Å². The molecule has 1 heterocycles. The normalized spacial score (nSPS) is 11.9. The van der Waals surface area contributed by atoms with E-state index in [1.165, 1.54) is 27.8 Å². The number of thiazole rings is 1. The summed E-state index contributed by atoms with van der Waals surface area (Å²) >= 11 is 1.68. The molecule has 3 aromatic carbocycles. The fourth-order valence-electron chi connectivity index (χ4n) is 3.56. The largest absolute Gasteiger partial charge is 0.497 e. The van der Waals surface area contributed by atoms with Crippen molar-refractivity contribution in [2.24, 2.45) is 0 Å². The first-order chi connectivity index (χ1) is 12.8. The van der Waals surface area contributed by atoms with E-state index in [1.54, 1.807) is 18.4 Å². The first-order valence-corrected chi connectivity index (χ1v) is 9.51. The Kier molecular flexibility index (Phi) is 3.61. The Morgan fingerprint density at radius 3 is 2.46 bits per heavy atom. The number of hydrogen-bond acceptors (Lipinski definition) is 3. The summed E-state index contributed by atoms with van der Waals surface area (Å²) in [5, 5.41) is 3.17. The standard InChI is InChI=1S/C23H17NOS/c1-25-19-10-8-15(9-11-19)23-24-22(14-26-23)18-7-6-17-12-16-4-2-3-5-20(16)21(17)13-18/h2-11,13-14H,12H2,1H3. The lowest BCUT2D eigenvalue weighted by atomic mass is 10.0. The third-order valence-electron chi connectivity index (χ3n) is 4.94. The molecule has 5 rings (SSSR count). The highest BCUT2D eigenvalue weighted by Gasteiger charge is 2.18. The van der Waals surface area contributed by atoms with Gasteiger partial charge in [-0.3, -0.25) is 0 Å². The molecule has 26 heavy (non-hydrogen) atoms. The molecule has 1 aliphatic rings. The number of nitrogens with zero attached hydrogens (tertiary/aromatic N) is 1. The zero-order chi connectivity index (χ0) is 17.5. The third kappa shape index (κ3) is 2.52. The molecule has 4 aromatic rings. The number of ether oxygens (including phenoxy) is 1. The molecule has 0 amide bonds. The van der Waals surface area contributed by atoms with Crippen LogP contribution in [0, 0.1) is 0 Å². The molecule has 3 heteroatoms. The van der Waals surface area contributed by atoms with Crippen molar-refractivity contribution in [3.05, 3.63) is 83.2 Å². The van der Waals surface area contributed by atoms with Gasteiger partial charge in [0.25, 0.3) is 0 Å². The van der Waals surface area contributed by atoms with Gasteiger partial charge in [-0.1, -0.05) is 36.4 Å². The van der Waals surface area contributed by atoms with E-state index in [0.29, 0.717) is 0 Å². The number of benzene rings is 3. The summed E-state index contributed by atoms with van der Waals surface area (Å²) in [5.41, 5.74) is 8.85. The molecular formula is C23H17NOS. The summed E-state index contributed by atoms with van der Waals surface area (Å²) in [6, 6.07) is 23.5. The molecule has 2 nitrogen and oxygen atoms in total. The lowest BCUT2D eigenvalue weighted by Crippen LogP contribution is -1.84. The third-order valence-corrected chi connectivity index (χ3v) is 5.83. The molecule has 0 radical (unpaired) electrons. The summed E-state index contributed by atoms with van der Waals surface area (Å²) in [4.78, 5) is 4.87. The second-order valence-corrected chi connectivity index (χ2v) is 7.33. The van der Waals surface area contributed by atoms with Gasteiger partial charge in [0.2, 0.25) is 0 Å². The number of fused-ring (bicyclic) bond motifs is 3. The number of methoxy groups -OCH3 is 1. The van der Waals surface area contributed by atoms with Crippen LogP contribution >= 0.6 is 11.3 Å². The minimum atomic E-state index is 0.864. The molecule has 0 saturated carbocycles. The van der Waals surface area contributed by atoms with Gasteiger partial charge < -0.3 is 4.74 Å². The van der Waals surface area contributed by atoms with E-state index in [4.69, 9.17) is 9.72 Å². The highest BCUT2D eigenvalue weighted by Crippen LogP contribution is 2.39. The second-order valence-electron chi connectivity index (χ2n) is 6.47. The molecule has 0 aliphatic heterocycles. The zero-order valence-corrected chi connectivity index (χ0v) is 15.2. The summed E-state index contributed by atoms with van der Waals surface area (Å²) in [6.45, 7) is 0. The molecular weight excluding hydrogens is 338 g/mol. The molecule has 0 saturated heterocycles. The average molecular weight is 355 g/mol. The van der Waals surface area contributed by atoms with Gasteiger partial charge in [0, 0.05) is 16.5 Å². The van der Waals surface area contributed by atoms with Crippen molar-refractivity contribution in [3.63, 3.8) is 0 Å². The van der Waals surface area contributed by atoms with Crippen LogP contribution in [0.15, 0.2) is 72.1 Å². The molecule has 0 N–H and O–H groups in total. The number of aromatic nitrogens is 1. The zero-order valence-electron chi connectivity index (χ0n) is 14.4. The van der Waals surface area contributed by atoms with Gasteiger partial charge in [0.15, 0.2) is 0 Å². The predicted molar refractivity (Wildman–Crippen MR) is 108 cm³/mol. The van der Waals surface area contributed by atoms with Crippen LogP contribution in [-0.2, 0) is 6.42 Å². The van der Waals surface area contributed by atoms with E-state index < -0.39 is 0 Å². The van der Waals surface area contributed by atoms with Crippen LogP contribution in [0.1, 0.15) is 11.1 Å². The maximum absolute atomic E-state index is 5.23. The van der Waals surface area contributed by atoms with Gasteiger partial charge >= 0.3 is 0 Å². The average Bonchev–Trinajstić information content (AvgIpc) is 3.32. The van der Waals surface area contributed by atoms with Gasteiger partial charge in [0.05, 0.1) is 12.8 Å². The van der Waals surface area contributed by atoms with Crippen molar-refractivity contribution < 1.29 is 4.74 Å². The Bertz CT molecular complexity index is 1100. The van der Waals surface area contributed by atoms with Crippen molar-refractivity contribution in [3.8, 4) is 38.7 Å². The van der Waals surface area contributed by atoms with Crippen molar-refractivity contribution >= 4 is 11.3 Å². The van der Waals surface area contributed by atoms with Gasteiger partial charge in [-0.15, -0.1) is 11.3 Å². The molecule has 126 valence electrons. The Hall–Kier alpha value is -2.91. The first-order valence-electron chi connectivity index (χ1n) is 8.63. The second kappa shape index (κ2) is 6.11. The van der Waals surface area contributed by atoms with Crippen molar-refractivity contribution in [2.45, 2.75) is 6.42 Å². The molecule has 1 aliphatic carbocycles. The molecule has 0 bridgehead atoms.